The van der Waals surface area contributed by atoms with Crippen molar-refractivity contribution in [3.8, 4) is 0 Å². The average Bonchev–Trinajstić information content (AvgIpc) is 2.81. The Morgan fingerprint density at radius 2 is 1.05 bits per heavy atom. The summed E-state index contributed by atoms with van der Waals surface area (Å²) in [6, 6.07) is 17.9. The maximum absolute atomic E-state index is 2.48. The molecule has 0 saturated heterocycles. The highest BCUT2D eigenvalue weighted by molar-refractivity contribution is 5.75. The molecule has 0 aromatic heterocycles. The Morgan fingerprint density at radius 1 is 0.591 bits per heavy atom. The van der Waals surface area contributed by atoms with E-state index in [1.807, 2.05) is 0 Å². The first-order valence-corrected chi connectivity index (χ1v) is 8.49. The molecule has 0 bridgehead atoms. The van der Waals surface area contributed by atoms with Gasteiger partial charge in [0.2, 0.25) is 0 Å². The Kier molecular flexibility index (Phi) is 2.67. The van der Waals surface area contributed by atoms with Crippen LogP contribution in [0.2, 0.25) is 0 Å². The molecule has 22 heavy (non-hydrogen) atoms. The van der Waals surface area contributed by atoms with Gasteiger partial charge in [0.25, 0.3) is 0 Å². The number of hydrogen-bond acceptors (Lipinski definition) is 0. The van der Waals surface area contributed by atoms with Crippen molar-refractivity contribution in [2.24, 2.45) is 11.8 Å². The summed E-state index contributed by atoms with van der Waals surface area (Å²) in [5.41, 5.74) is 9.17. The van der Waals surface area contributed by atoms with Crippen molar-refractivity contribution in [1.82, 2.24) is 0 Å². The number of rotatable bonds is 0. The van der Waals surface area contributed by atoms with E-state index >= 15 is 0 Å². The van der Waals surface area contributed by atoms with Gasteiger partial charge in [-0.05, 0) is 70.9 Å². The van der Waals surface area contributed by atoms with Crippen LogP contribution in [0.4, 0.5) is 0 Å². The van der Waals surface area contributed by atoms with E-state index in [1.54, 1.807) is 11.1 Å². The van der Waals surface area contributed by atoms with Gasteiger partial charge in [-0.2, -0.15) is 0 Å². The van der Waals surface area contributed by atoms with Crippen molar-refractivity contribution in [1.29, 1.82) is 0 Å². The van der Waals surface area contributed by atoms with E-state index < -0.39 is 0 Å². The van der Waals surface area contributed by atoms with Crippen LogP contribution in [-0.4, -0.2) is 0 Å². The zero-order valence-corrected chi connectivity index (χ0v) is 12.8. The van der Waals surface area contributed by atoms with Crippen LogP contribution in [0.3, 0.4) is 0 Å². The van der Waals surface area contributed by atoms with Gasteiger partial charge in [-0.3, -0.25) is 0 Å². The molecule has 3 aliphatic rings. The van der Waals surface area contributed by atoms with Gasteiger partial charge >= 0.3 is 0 Å². The Balaban J connectivity index is 1.62. The molecule has 0 N–H and O–H groups in total. The Hall–Kier alpha value is -2.08. The maximum Gasteiger partial charge on any atom is -0.00866 e. The predicted molar refractivity (Wildman–Crippen MR) is 92.5 cm³/mol. The number of hydrogen-bond donors (Lipinski definition) is 0. The van der Waals surface area contributed by atoms with Gasteiger partial charge in [-0.25, -0.2) is 0 Å². The van der Waals surface area contributed by atoms with E-state index in [-0.39, 0.29) is 0 Å². The smallest absolute Gasteiger partial charge is 0.00866 e. The van der Waals surface area contributed by atoms with Crippen molar-refractivity contribution in [3.05, 3.63) is 81.9 Å². The molecule has 2 aromatic rings. The normalized spacial score (nSPS) is 25.1. The van der Waals surface area contributed by atoms with Crippen LogP contribution in [0.15, 0.2) is 59.7 Å². The Morgan fingerprint density at radius 3 is 1.55 bits per heavy atom. The first-order chi connectivity index (χ1) is 10.9. The van der Waals surface area contributed by atoms with E-state index in [9.17, 15) is 0 Å². The molecule has 0 heterocycles. The van der Waals surface area contributed by atoms with Gasteiger partial charge in [0.1, 0.15) is 0 Å². The largest absolute Gasteiger partial charge is 0.0620 e. The van der Waals surface area contributed by atoms with E-state index in [2.05, 4.69) is 60.7 Å². The molecule has 1 fully saturated rings. The van der Waals surface area contributed by atoms with Crippen LogP contribution >= 0.6 is 0 Å². The van der Waals surface area contributed by atoms with Crippen LogP contribution in [0, 0.1) is 11.8 Å². The second kappa shape index (κ2) is 4.71. The van der Waals surface area contributed by atoms with Crippen LogP contribution in [0.1, 0.15) is 35.1 Å². The predicted octanol–water partition coefficient (Wildman–Crippen LogP) is 5.29. The molecule has 0 spiro atoms. The Bertz CT molecular complexity index is 737. The summed E-state index contributed by atoms with van der Waals surface area (Å²) in [6.07, 6.45) is 10.1. The van der Waals surface area contributed by atoms with E-state index in [4.69, 9.17) is 0 Å². The lowest BCUT2D eigenvalue weighted by atomic mass is 9.62. The first-order valence-electron chi connectivity index (χ1n) is 8.49. The summed E-state index contributed by atoms with van der Waals surface area (Å²) >= 11 is 0. The third kappa shape index (κ3) is 1.76. The molecule has 2 atom stereocenters. The van der Waals surface area contributed by atoms with Gasteiger partial charge in [0.15, 0.2) is 0 Å². The summed E-state index contributed by atoms with van der Waals surface area (Å²) in [5.74, 6) is 1.57. The second-order valence-electron chi connectivity index (χ2n) is 6.89. The zero-order valence-electron chi connectivity index (χ0n) is 12.8. The minimum Gasteiger partial charge on any atom is -0.0620 e. The van der Waals surface area contributed by atoms with Crippen molar-refractivity contribution < 1.29 is 0 Å². The fourth-order valence-corrected chi connectivity index (χ4v) is 4.62. The highest BCUT2D eigenvalue weighted by atomic mass is 14.5. The lowest BCUT2D eigenvalue weighted by Crippen LogP contribution is -2.31. The molecule has 0 unspecified atom stereocenters. The Labute approximate surface area is 132 Å². The average molecular weight is 284 g/mol. The minimum atomic E-state index is 0.785. The highest BCUT2D eigenvalue weighted by Crippen LogP contribution is 2.53. The molecule has 1 saturated carbocycles. The molecule has 0 nitrogen and oxygen atoms in total. The monoisotopic (exact) mass is 284 g/mol. The van der Waals surface area contributed by atoms with Gasteiger partial charge < -0.3 is 0 Å². The van der Waals surface area contributed by atoms with Gasteiger partial charge in [0.05, 0.1) is 0 Å². The van der Waals surface area contributed by atoms with Crippen LogP contribution < -0.4 is 0 Å². The summed E-state index contributed by atoms with van der Waals surface area (Å²) in [6.45, 7) is 0. The number of fused-ring (bicyclic) bond motifs is 6. The number of benzene rings is 2. The molecule has 5 rings (SSSR count). The van der Waals surface area contributed by atoms with Gasteiger partial charge in [-0.1, -0.05) is 60.7 Å². The quantitative estimate of drug-likeness (QED) is 0.616. The molecule has 0 aliphatic heterocycles. The van der Waals surface area contributed by atoms with E-state index in [0.717, 1.165) is 11.8 Å². The topological polar surface area (TPSA) is 0 Å². The third-order valence-corrected chi connectivity index (χ3v) is 5.80. The molecule has 0 amide bonds. The van der Waals surface area contributed by atoms with Crippen LogP contribution in [-0.2, 0) is 12.8 Å². The minimum absolute atomic E-state index is 0.785. The highest BCUT2D eigenvalue weighted by Gasteiger charge is 2.41. The SMILES string of the molecule is C1=C2C3=Cc4ccccc4CC[C@@H]3[C@H]2CCc2ccccc21. The van der Waals surface area contributed by atoms with Crippen molar-refractivity contribution >= 4 is 12.2 Å². The molecule has 108 valence electrons. The fourth-order valence-electron chi connectivity index (χ4n) is 4.62. The summed E-state index contributed by atoms with van der Waals surface area (Å²) < 4.78 is 0. The van der Waals surface area contributed by atoms with Gasteiger partial charge in [0, 0.05) is 0 Å². The van der Waals surface area contributed by atoms with Crippen molar-refractivity contribution in [2.45, 2.75) is 25.7 Å². The van der Waals surface area contributed by atoms with E-state index in [1.165, 1.54) is 47.9 Å². The molecule has 2 aromatic carbocycles. The van der Waals surface area contributed by atoms with Crippen LogP contribution in [0.5, 0.6) is 0 Å². The fraction of sp³-hybridized carbons (Fsp3) is 0.273. The second-order valence-corrected chi connectivity index (χ2v) is 6.89. The molecule has 0 heteroatoms. The van der Waals surface area contributed by atoms with Crippen molar-refractivity contribution in [2.75, 3.05) is 0 Å². The molecule has 3 aliphatic carbocycles. The van der Waals surface area contributed by atoms with Crippen LogP contribution in [0.25, 0.3) is 12.2 Å². The summed E-state index contributed by atoms with van der Waals surface area (Å²) in [5, 5.41) is 0. The standard InChI is InChI=1S/C22H20/c1-3-7-17-13-21-19(11-9-15(17)5-1)20-12-10-16-6-2-4-8-18(16)14-22(20)21/h1-8,13-14,19-20H,9-12H2/t19-,20-/m1/s1. The zero-order chi connectivity index (χ0) is 14.5. The third-order valence-electron chi connectivity index (χ3n) is 5.80. The number of allylic oxidation sites excluding steroid dienone is 2. The first kappa shape index (κ1) is 12.5. The number of aryl methyl sites for hydroxylation is 2. The lowest BCUT2D eigenvalue weighted by molar-refractivity contribution is 0.332. The summed E-state index contributed by atoms with van der Waals surface area (Å²) in [7, 11) is 0. The molecule has 0 radical (unpaired) electrons. The van der Waals surface area contributed by atoms with Crippen molar-refractivity contribution in [3.63, 3.8) is 0 Å². The maximum atomic E-state index is 2.48. The molecular weight excluding hydrogens is 264 g/mol. The lowest BCUT2D eigenvalue weighted by Gasteiger charge is -2.42. The molecular formula is C22H20. The van der Waals surface area contributed by atoms with Gasteiger partial charge in [-0.15, -0.1) is 0 Å². The van der Waals surface area contributed by atoms with E-state index in [0.29, 0.717) is 0 Å². The summed E-state index contributed by atoms with van der Waals surface area (Å²) in [4.78, 5) is 0.